The van der Waals surface area contributed by atoms with Crippen molar-refractivity contribution in [2.24, 2.45) is 0 Å². The highest BCUT2D eigenvalue weighted by atomic mass is 15.2. The largest absolute Gasteiger partial charge is 0.336 e. The first-order chi connectivity index (χ1) is 16.1. The molecule has 1 fully saturated rings. The standard InChI is InChI=1S/C33H41N/c1-22-13-11-12-16-30(22)34(32(3,4)5)31-21-27-26-20-25(24-14-9-8-10-15-24)17-18-28(26)33(6,7)29(27)19-23(31)2/h11-13,16-21,24H,8-10,14-15H2,1-7H3. The van der Waals surface area contributed by atoms with E-state index in [1.54, 1.807) is 5.56 Å². The Bertz CT molecular complexity index is 1220. The molecule has 0 spiro atoms. The molecule has 1 saturated carbocycles. The molecule has 3 aromatic rings. The topological polar surface area (TPSA) is 3.24 Å². The number of benzene rings is 3. The zero-order valence-electron chi connectivity index (χ0n) is 22.3. The first-order valence-electron chi connectivity index (χ1n) is 13.2. The summed E-state index contributed by atoms with van der Waals surface area (Å²) in [6.07, 6.45) is 6.86. The Labute approximate surface area is 207 Å². The quantitative estimate of drug-likeness (QED) is 0.383. The Morgan fingerprint density at radius 1 is 0.735 bits per heavy atom. The zero-order valence-corrected chi connectivity index (χ0v) is 22.3. The van der Waals surface area contributed by atoms with Gasteiger partial charge in [0.15, 0.2) is 0 Å². The van der Waals surface area contributed by atoms with Gasteiger partial charge in [0.2, 0.25) is 0 Å². The van der Waals surface area contributed by atoms with E-state index in [0.29, 0.717) is 0 Å². The number of fused-ring (bicyclic) bond motifs is 3. The van der Waals surface area contributed by atoms with Gasteiger partial charge in [0.25, 0.3) is 0 Å². The van der Waals surface area contributed by atoms with Crippen molar-refractivity contribution in [2.45, 2.75) is 97.4 Å². The second-order valence-corrected chi connectivity index (χ2v) is 12.2. The number of nitrogens with zero attached hydrogens (tertiary/aromatic N) is 1. The Morgan fingerprint density at radius 3 is 2.09 bits per heavy atom. The highest BCUT2D eigenvalue weighted by Crippen LogP contribution is 2.52. The van der Waals surface area contributed by atoms with E-state index >= 15 is 0 Å². The predicted octanol–water partition coefficient (Wildman–Crippen LogP) is 9.59. The normalized spacial score (nSPS) is 17.4. The van der Waals surface area contributed by atoms with Crippen LogP contribution >= 0.6 is 0 Å². The smallest absolute Gasteiger partial charge is 0.0451 e. The van der Waals surface area contributed by atoms with E-state index in [9.17, 15) is 0 Å². The molecule has 2 aliphatic carbocycles. The molecular formula is C33H41N. The maximum absolute atomic E-state index is 2.55. The van der Waals surface area contributed by atoms with E-state index in [0.717, 1.165) is 5.92 Å². The van der Waals surface area contributed by atoms with Gasteiger partial charge >= 0.3 is 0 Å². The molecule has 1 heteroatoms. The van der Waals surface area contributed by atoms with Gasteiger partial charge in [-0.3, -0.25) is 0 Å². The molecule has 0 aliphatic heterocycles. The summed E-state index contributed by atoms with van der Waals surface area (Å²) in [5.74, 6) is 0.731. The molecule has 0 radical (unpaired) electrons. The van der Waals surface area contributed by atoms with E-state index in [1.807, 2.05) is 0 Å². The molecule has 0 N–H and O–H groups in total. The molecule has 0 heterocycles. The summed E-state index contributed by atoms with van der Waals surface area (Å²) >= 11 is 0. The molecule has 0 unspecified atom stereocenters. The van der Waals surface area contributed by atoms with Gasteiger partial charge in [0, 0.05) is 22.3 Å². The molecule has 0 bridgehead atoms. The first-order valence-corrected chi connectivity index (χ1v) is 13.2. The van der Waals surface area contributed by atoms with E-state index in [4.69, 9.17) is 0 Å². The minimum absolute atomic E-state index is 0.0357. The fourth-order valence-electron chi connectivity index (χ4n) is 6.51. The minimum atomic E-state index is -0.0357. The van der Waals surface area contributed by atoms with Crippen molar-refractivity contribution < 1.29 is 0 Å². The third kappa shape index (κ3) is 3.78. The lowest BCUT2D eigenvalue weighted by Gasteiger charge is -2.40. The van der Waals surface area contributed by atoms with Crippen LogP contribution in [0.1, 0.15) is 100 Å². The number of anilines is 2. The number of aryl methyl sites for hydroxylation is 2. The monoisotopic (exact) mass is 451 g/mol. The molecular weight excluding hydrogens is 410 g/mol. The molecule has 3 aromatic carbocycles. The van der Waals surface area contributed by atoms with Gasteiger partial charge in [-0.15, -0.1) is 0 Å². The minimum Gasteiger partial charge on any atom is -0.336 e. The fraction of sp³-hybridized carbons (Fsp3) is 0.455. The molecule has 5 rings (SSSR count). The maximum Gasteiger partial charge on any atom is 0.0451 e. The van der Waals surface area contributed by atoms with Crippen LogP contribution in [0.3, 0.4) is 0 Å². The van der Waals surface area contributed by atoms with E-state index in [2.05, 4.69) is 108 Å². The van der Waals surface area contributed by atoms with Crippen molar-refractivity contribution in [3.8, 4) is 11.1 Å². The third-order valence-electron chi connectivity index (χ3n) is 8.36. The van der Waals surface area contributed by atoms with Crippen LogP contribution in [0.2, 0.25) is 0 Å². The van der Waals surface area contributed by atoms with Crippen molar-refractivity contribution in [3.05, 3.63) is 82.4 Å². The SMILES string of the molecule is Cc1ccccc1N(c1cc2c(cc1C)C(C)(C)c1ccc(C3CCCCC3)cc1-2)C(C)(C)C. The Balaban J connectivity index is 1.69. The number of hydrogen-bond acceptors (Lipinski definition) is 1. The summed E-state index contributed by atoms with van der Waals surface area (Å²) in [6.45, 7) is 16.3. The summed E-state index contributed by atoms with van der Waals surface area (Å²) < 4.78 is 0. The van der Waals surface area contributed by atoms with E-state index in [-0.39, 0.29) is 11.0 Å². The molecule has 34 heavy (non-hydrogen) atoms. The Morgan fingerprint density at radius 2 is 1.41 bits per heavy atom. The molecule has 0 aromatic heterocycles. The summed E-state index contributed by atoms with van der Waals surface area (Å²) in [4.78, 5) is 2.55. The molecule has 2 aliphatic rings. The molecule has 0 saturated heterocycles. The van der Waals surface area contributed by atoms with Crippen LogP contribution in [-0.2, 0) is 5.41 Å². The van der Waals surface area contributed by atoms with Crippen molar-refractivity contribution in [2.75, 3.05) is 4.90 Å². The lowest BCUT2D eigenvalue weighted by molar-refractivity contribution is 0.443. The maximum atomic E-state index is 2.55. The van der Waals surface area contributed by atoms with Gasteiger partial charge in [0.05, 0.1) is 0 Å². The molecule has 0 atom stereocenters. The van der Waals surface area contributed by atoms with Gasteiger partial charge in [-0.05, 0) is 104 Å². The number of hydrogen-bond donors (Lipinski definition) is 0. The van der Waals surface area contributed by atoms with Crippen LogP contribution in [-0.4, -0.2) is 5.54 Å². The Kier molecular flexibility index (Phi) is 5.66. The number of para-hydroxylation sites is 1. The van der Waals surface area contributed by atoms with Crippen molar-refractivity contribution in [1.82, 2.24) is 0 Å². The second kappa shape index (κ2) is 8.29. The van der Waals surface area contributed by atoms with Gasteiger partial charge in [-0.1, -0.05) is 75.6 Å². The van der Waals surface area contributed by atoms with Crippen LogP contribution in [0.5, 0.6) is 0 Å². The first kappa shape index (κ1) is 23.2. The highest BCUT2D eigenvalue weighted by Gasteiger charge is 2.38. The predicted molar refractivity (Wildman–Crippen MR) is 148 cm³/mol. The van der Waals surface area contributed by atoms with Gasteiger partial charge in [-0.2, -0.15) is 0 Å². The zero-order chi connectivity index (χ0) is 24.3. The number of rotatable bonds is 3. The average Bonchev–Trinajstić information content (AvgIpc) is 3.01. The van der Waals surface area contributed by atoms with Crippen molar-refractivity contribution in [1.29, 1.82) is 0 Å². The van der Waals surface area contributed by atoms with Crippen molar-refractivity contribution >= 4 is 11.4 Å². The van der Waals surface area contributed by atoms with Gasteiger partial charge in [0.1, 0.15) is 0 Å². The third-order valence-corrected chi connectivity index (χ3v) is 8.36. The van der Waals surface area contributed by atoms with E-state index in [1.165, 1.54) is 76.9 Å². The van der Waals surface area contributed by atoms with E-state index < -0.39 is 0 Å². The fourth-order valence-corrected chi connectivity index (χ4v) is 6.51. The summed E-state index contributed by atoms with van der Waals surface area (Å²) in [5.41, 5.74) is 12.7. The molecule has 0 amide bonds. The lowest BCUT2D eigenvalue weighted by Crippen LogP contribution is -2.38. The molecule has 178 valence electrons. The summed E-state index contributed by atoms with van der Waals surface area (Å²) in [5, 5.41) is 0. The van der Waals surface area contributed by atoms with Crippen LogP contribution in [0.25, 0.3) is 11.1 Å². The van der Waals surface area contributed by atoms with Gasteiger partial charge < -0.3 is 4.90 Å². The summed E-state index contributed by atoms with van der Waals surface area (Å²) in [6, 6.07) is 21.2. The van der Waals surface area contributed by atoms with Crippen LogP contribution < -0.4 is 4.90 Å². The Hall–Kier alpha value is -2.54. The van der Waals surface area contributed by atoms with Crippen LogP contribution in [0, 0.1) is 13.8 Å². The lowest BCUT2D eigenvalue weighted by atomic mass is 9.80. The van der Waals surface area contributed by atoms with Crippen molar-refractivity contribution in [3.63, 3.8) is 0 Å². The summed E-state index contributed by atoms with van der Waals surface area (Å²) in [7, 11) is 0. The average molecular weight is 452 g/mol. The highest BCUT2D eigenvalue weighted by molar-refractivity contribution is 5.86. The van der Waals surface area contributed by atoms with Gasteiger partial charge in [-0.25, -0.2) is 0 Å². The molecule has 1 nitrogen and oxygen atoms in total. The van der Waals surface area contributed by atoms with Crippen LogP contribution in [0.4, 0.5) is 11.4 Å². The van der Waals surface area contributed by atoms with Crippen LogP contribution in [0.15, 0.2) is 54.6 Å². The second-order valence-electron chi connectivity index (χ2n) is 12.2.